The molecule has 0 unspecified atom stereocenters. The number of amides is 1. The number of nitrogens with one attached hydrogen (secondary N) is 1. The Labute approximate surface area is 195 Å². The number of hydrogen-bond donors (Lipinski definition) is 1. The summed E-state index contributed by atoms with van der Waals surface area (Å²) in [6, 6.07) is 11.3. The molecule has 2 heterocycles. The number of rotatable bonds is 9. The average molecular weight is 484 g/mol. The average Bonchev–Trinajstić information content (AvgIpc) is 3.48. The van der Waals surface area contributed by atoms with Gasteiger partial charge in [0, 0.05) is 29.6 Å². The van der Waals surface area contributed by atoms with E-state index in [2.05, 4.69) is 23.5 Å². The van der Waals surface area contributed by atoms with Crippen molar-refractivity contribution in [1.82, 2.24) is 9.29 Å². The van der Waals surface area contributed by atoms with Gasteiger partial charge in [-0.1, -0.05) is 12.2 Å². The van der Waals surface area contributed by atoms with Gasteiger partial charge < -0.3 is 9.47 Å². The third-order valence-electron chi connectivity index (χ3n) is 4.81. The lowest BCUT2D eigenvalue weighted by atomic mass is 10.1. The Balaban J connectivity index is 1.46. The second-order valence-corrected chi connectivity index (χ2v) is 9.78. The van der Waals surface area contributed by atoms with Crippen molar-refractivity contribution in [3.63, 3.8) is 0 Å². The Morgan fingerprint density at radius 3 is 2.48 bits per heavy atom. The van der Waals surface area contributed by atoms with E-state index in [4.69, 9.17) is 9.47 Å². The number of carbonyl (C=O) groups excluding carboxylic acids is 1. The van der Waals surface area contributed by atoms with Crippen LogP contribution in [0.4, 0.5) is 5.13 Å². The van der Waals surface area contributed by atoms with Crippen LogP contribution in [0.15, 0.2) is 78.1 Å². The highest BCUT2D eigenvalue weighted by Crippen LogP contribution is 2.36. The molecule has 0 atom stereocenters. The highest BCUT2D eigenvalue weighted by molar-refractivity contribution is 7.89. The fraction of sp³-hybridized carbons (Fsp3) is 0.130. The standard InChI is InChI=1S/C23H21N3O5S2/c1-3-11-26(12-4-2)33(28,29)18-8-5-16(6-9-18)22(27)25-23-24-19(14-32-23)17-7-10-20-21(13-17)31-15-30-20/h3-10,13-14H,1-2,11-12,15H2,(H,24,25,27). The summed E-state index contributed by atoms with van der Waals surface area (Å²) < 4.78 is 37.5. The Morgan fingerprint density at radius 1 is 1.09 bits per heavy atom. The largest absolute Gasteiger partial charge is 0.454 e. The van der Waals surface area contributed by atoms with Crippen molar-refractivity contribution in [3.8, 4) is 22.8 Å². The molecular formula is C23H21N3O5S2. The van der Waals surface area contributed by atoms with Crippen molar-refractivity contribution < 1.29 is 22.7 Å². The maximum Gasteiger partial charge on any atom is 0.257 e. The minimum absolute atomic E-state index is 0.0853. The lowest BCUT2D eigenvalue weighted by molar-refractivity contribution is 0.102. The predicted octanol–water partition coefficient (Wildman–Crippen LogP) is 4.15. The first-order chi connectivity index (χ1) is 15.9. The molecular weight excluding hydrogens is 462 g/mol. The summed E-state index contributed by atoms with van der Waals surface area (Å²) in [7, 11) is -3.73. The molecule has 4 rings (SSSR count). The summed E-state index contributed by atoms with van der Waals surface area (Å²) in [6.07, 6.45) is 3.02. The molecule has 0 saturated heterocycles. The lowest BCUT2D eigenvalue weighted by Gasteiger charge is -2.19. The van der Waals surface area contributed by atoms with Gasteiger partial charge in [0.25, 0.3) is 5.91 Å². The molecule has 8 nitrogen and oxygen atoms in total. The van der Waals surface area contributed by atoms with Crippen LogP contribution in [0, 0.1) is 0 Å². The Kier molecular flexibility index (Phi) is 6.59. The number of aromatic nitrogens is 1. The molecule has 0 spiro atoms. The van der Waals surface area contributed by atoms with E-state index in [0.717, 1.165) is 5.56 Å². The van der Waals surface area contributed by atoms with Crippen molar-refractivity contribution in [2.45, 2.75) is 4.90 Å². The number of nitrogens with zero attached hydrogens (tertiary/aromatic N) is 2. The summed E-state index contributed by atoms with van der Waals surface area (Å²) >= 11 is 1.29. The first-order valence-corrected chi connectivity index (χ1v) is 12.2. The first-order valence-electron chi connectivity index (χ1n) is 9.91. The molecule has 0 bridgehead atoms. The fourth-order valence-corrected chi connectivity index (χ4v) is 5.27. The topological polar surface area (TPSA) is 97.8 Å². The van der Waals surface area contributed by atoms with E-state index in [1.54, 1.807) is 0 Å². The molecule has 0 fully saturated rings. The number of carbonyl (C=O) groups is 1. The zero-order valence-electron chi connectivity index (χ0n) is 17.6. The molecule has 0 aliphatic carbocycles. The van der Waals surface area contributed by atoms with Gasteiger partial charge in [-0.2, -0.15) is 4.31 Å². The van der Waals surface area contributed by atoms with E-state index < -0.39 is 10.0 Å². The Morgan fingerprint density at radius 2 is 1.79 bits per heavy atom. The molecule has 1 amide bonds. The van der Waals surface area contributed by atoms with Crippen LogP contribution in [0.2, 0.25) is 0 Å². The van der Waals surface area contributed by atoms with Crippen molar-refractivity contribution in [2.75, 3.05) is 25.2 Å². The summed E-state index contributed by atoms with van der Waals surface area (Å²) in [4.78, 5) is 17.2. The van der Waals surface area contributed by atoms with Gasteiger partial charge in [-0.15, -0.1) is 24.5 Å². The number of hydrogen-bond acceptors (Lipinski definition) is 7. The number of fused-ring (bicyclic) bond motifs is 1. The van der Waals surface area contributed by atoms with Gasteiger partial charge in [-0.05, 0) is 42.5 Å². The first kappa shape index (κ1) is 22.7. The second kappa shape index (κ2) is 9.57. The van der Waals surface area contributed by atoms with Gasteiger partial charge in [-0.3, -0.25) is 10.1 Å². The number of thiazole rings is 1. The maximum absolute atomic E-state index is 12.8. The number of ether oxygens (including phenoxy) is 2. The monoisotopic (exact) mass is 483 g/mol. The second-order valence-electron chi connectivity index (χ2n) is 6.98. The summed E-state index contributed by atoms with van der Waals surface area (Å²) in [5, 5.41) is 5.00. The summed E-state index contributed by atoms with van der Waals surface area (Å²) in [6.45, 7) is 7.70. The van der Waals surface area contributed by atoms with Crippen LogP contribution in [0.3, 0.4) is 0 Å². The van der Waals surface area contributed by atoms with Gasteiger partial charge in [0.2, 0.25) is 16.8 Å². The molecule has 33 heavy (non-hydrogen) atoms. The Bertz CT molecular complexity index is 1290. The minimum atomic E-state index is -3.73. The lowest BCUT2D eigenvalue weighted by Crippen LogP contribution is -2.31. The molecule has 0 radical (unpaired) electrons. The quantitative estimate of drug-likeness (QED) is 0.459. The van der Waals surface area contributed by atoms with Crippen LogP contribution < -0.4 is 14.8 Å². The highest BCUT2D eigenvalue weighted by Gasteiger charge is 2.23. The molecule has 1 aromatic heterocycles. The van der Waals surface area contributed by atoms with Gasteiger partial charge in [0.05, 0.1) is 10.6 Å². The number of benzene rings is 2. The smallest absolute Gasteiger partial charge is 0.257 e. The molecule has 1 aliphatic rings. The third kappa shape index (κ3) is 4.82. The zero-order chi connectivity index (χ0) is 23.4. The highest BCUT2D eigenvalue weighted by atomic mass is 32.2. The summed E-state index contributed by atoms with van der Waals surface area (Å²) in [5.74, 6) is 0.950. The number of sulfonamides is 1. The van der Waals surface area contributed by atoms with E-state index in [-0.39, 0.29) is 30.7 Å². The van der Waals surface area contributed by atoms with E-state index >= 15 is 0 Å². The van der Waals surface area contributed by atoms with E-state index in [0.29, 0.717) is 27.9 Å². The van der Waals surface area contributed by atoms with E-state index in [1.807, 2.05) is 23.6 Å². The third-order valence-corrected chi connectivity index (χ3v) is 7.42. The van der Waals surface area contributed by atoms with E-state index in [1.165, 1.54) is 52.1 Å². The van der Waals surface area contributed by atoms with Crippen LogP contribution in [0.1, 0.15) is 10.4 Å². The Hall–Kier alpha value is -3.47. The summed E-state index contributed by atoms with van der Waals surface area (Å²) in [5.41, 5.74) is 1.85. The zero-order valence-corrected chi connectivity index (χ0v) is 19.2. The molecule has 2 aromatic carbocycles. The van der Waals surface area contributed by atoms with Gasteiger partial charge >= 0.3 is 0 Å². The van der Waals surface area contributed by atoms with Crippen LogP contribution in [-0.4, -0.2) is 43.5 Å². The molecule has 10 heteroatoms. The van der Waals surface area contributed by atoms with Crippen molar-refractivity contribution in [3.05, 3.63) is 78.7 Å². The van der Waals surface area contributed by atoms with Crippen molar-refractivity contribution >= 4 is 32.4 Å². The van der Waals surface area contributed by atoms with Crippen molar-refractivity contribution in [1.29, 1.82) is 0 Å². The van der Waals surface area contributed by atoms with Gasteiger partial charge in [0.1, 0.15) is 0 Å². The van der Waals surface area contributed by atoms with Gasteiger partial charge in [0.15, 0.2) is 16.6 Å². The van der Waals surface area contributed by atoms with E-state index in [9.17, 15) is 13.2 Å². The maximum atomic E-state index is 12.8. The normalized spacial score (nSPS) is 12.5. The van der Waals surface area contributed by atoms with Crippen LogP contribution in [0.5, 0.6) is 11.5 Å². The molecule has 3 aromatic rings. The van der Waals surface area contributed by atoms with Crippen molar-refractivity contribution in [2.24, 2.45) is 0 Å². The molecule has 170 valence electrons. The minimum Gasteiger partial charge on any atom is -0.454 e. The molecule has 0 saturated carbocycles. The van der Waals surface area contributed by atoms with Crippen LogP contribution >= 0.6 is 11.3 Å². The van der Waals surface area contributed by atoms with Crippen LogP contribution in [0.25, 0.3) is 11.3 Å². The van der Waals surface area contributed by atoms with Crippen LogP contribution in [-0.2, 0) is 10.0 Å². The molecule has 1 N–H and O–H groups in total. The number of anilines is 1. The SMILES string of the molecule is C=CCN(CC=C)S(=O)(=O)c1ccc(C(=O)Nc2nc(-c3ccc4c(c3)OCO4)cs2)cc1. The predicted molar refractivity (Wildman–Crippen MR) is 127 cm³/mol. The fourth-order valence-electron chi connectivity index (χ4n) is 3.18. The van der Waals surface area contributed by atoms with Gasteiger partial charge in [-0.25, -0.2) is 13.4 Å². The molecule has 1 aliphatic heterocycles.